The molecule has 0 amide bonds. The first-order chi connectivity index (χ1) is 9.89. The van der Waals surface area contributed by atoms with Crippen LogP contribution in [0.2, 0.25) is 5.02 Å². The summed E-state index contributed by atoms with van der Waals surface area (Å²) in [5.41, 5.74) is 6.12. The van der Waals surface area contributed by atoms with Crippen molar-refractivity contribution in [2.75, 3.05) is 13.1 Å². The smallest absolute Gasteiger partial charge is 0.243 e. The van der Waals surface area contributed by atoms with Gasteiger partial charge in [0, 0.05) is 19.1 Å². The van der Waals surface area contributed by atoms with Crippen LogP contribution in [0.25, 0.3) is 0 Å². The van der Waals surface area contributed by atoms with E-state index in [2.05, 4.69) is 0 Å². The zero-order valence-corrected chi connectivity index (χ0v) is 13.1. The summed E-state index contributed by atoms with van der Waals surface area (Å²) >= 11 is 5.69. The number of sulfonamides is 1. The summed E-state index contributed by atoms with van der Waals surface area (Å²) in [7, 11) is -3.63. The molecule has 0 spiro atoms. The molecular formula is C14H18ClFN2O2S. The Bertz CT molecular complexity index is 652. The Hall–Kier alpha value is -0.690. The topological polar surface area (TPSA) is 63.4 Å². The minimum atomic E-state index is -3.63. The maximum Gasteiger partial charge on any atom is 0.243 e. The molecule has 1 saturated heterocycles. The van der Waals surface area contributed by atoms with Crippen molar-refractivity contribution in [1.82, 2.24) is 4.31 Å². The van der Waals surface area contributed by atoms with Gasteiger partial charge < -0.3 is 5.73 Å². The van der Waals surface area contributed by atoms with Gasteiger partial charge in [-0.3, -0.25) is 0 Å². The van der Waals surface area contributed by atoms with Gasteiger partial charge in [0.15, 0.2) is 0 Å². The molecule has 1 saturated carbocycles. The van der Waals surface area contributed by atoms with Crippen molar-refractivity contribution in [2.24, 2.45) is 17.6 Å². The van der Waals surface area contributed by atoms with Gasteiger partial charge in [-0.15, -0.1) is 0 Å². The molecule has 116 valence electrons. The van der Waals surface area contributed by atoms with Crippen LogP contribution < -0.4 is 5.73 Å². The predicted octanol–water partition coefficient (Wildman–Crippen LogP) is 2.23. The van der Waals surface area contributed by atoms with E-state index >= 15 is 0 Å². The average molecular weight is 333 g/mol. The number of benzene rings is 1. The Morgan fingerprint density at radius 3 is 2.71 bits per heavy atom. The van der Waals surface area contributed by atoms with Gasteiger partial charge in [-0.2, -0.15) is 4.31 Å². The van der Waals surface area contributed by atoms with Crippen molar-refractivity contribution in [2.45, 2.75) is 30.2 Å². The molecule has 1 aliphatic carbocycles. The Balaban J connectivity index is 1.87. The number of nitrogens with two attached hydrogens (primary N) is 1. The van der Waals surface area contributed by atoms with E-state index in [1.54, 1.807) is 0 Å². The van der Waals surface area contributed by atoms with E-state index in [1.165, 1.54) is 16.4 Å². The lowest BCUT2D eigenvalue weighted by Gasteiger charge is -2.29. The molecule has 1 heterocycles. The van der Waals surface area contributed by atoms with Crippen LogP contribution in [0.5, 0.6) is 0 Å². The number of hydrogen-bond acceptors (Lipinski definition) is 3. The summed E-state index contributed by atoms with van der Waals surface area (Å²) in [5.74, 6) is -0.0587. The fourth-order valence-corrected chi connectivity index (χ4v) is 5.26. The van der Waals surface area contributed by atoms with Crippen molar-refractivity contribution in [3.63, 3.8) is 0 Å². The van der Waals surface area contributed by atoms with Crippen molar-refractivity contribution >= 4 is 21.6 Å². The van der Waals surface area contributed by atoms with Crippen LogP contribution in [0.3, 0.4) is 0 Å². The van der Waals surface area contributed by atoms with Crippen molar-refractivity contribution in [3.05, 3.63) is 29.0 Å². The maximum atomic E-state index is 13.2. The summed E-state index contributed by atoms with van der Waals surface area (Å²) in [4.78, 5) is 0.0427. The number of nitrogens with zero attached hydrogens (tertiary/aromatic N) is 1. The van der Waals surface area contributed by atoms with Crippen LogP contribution in [-0.2, 0) is 10.0 Å². The van der Waals surface area contributed by atoms with E-state index in [1.807, 2.05) is 0 Å². The van der Waals surface area contributed by atoms with Crippen LogP contribution in [0.1, 0.15) is 19.3 Å². The second kappa shape index (κ2) is 5.50. The van der Waals surface area contributed by atoms with Gasteiger partial charge in [0.2, 0.25) is 10.0 Å². The number of rotatable bonds is 2. The molecule has 1 aromatic rings. The Morgan fingerprint density at radius 1 is 1.29 bits per heavy atom. The minimum absolute atomic E-state index is 0.0427. The Kier molecular flexibility index (Phi) is 3.98. The molecule has 2 aliphatic rings. The Labute approximate surface area is 129 Å². The molecule has 21 heavy (non-hydrogen) atoms. The second-order valence-corrected chi connectivity index (χ2v) is 8.26. The molecule has 0 aromatic heterocycles. The molecule has 0 bridgehead atoms. The van der Waals surface area contributed by atoms with Crippen LogP contribution in [-0.4, -0.2) is 31.9 Å². The Morgan fingerprint density at radius 2 is 2.05 bits per heavy atom. The maximum absolute atomic E-state index is 13.2. The summed E-state index contributed by atoms with van der Waals surface area (Å²) in [6, 6.07) is 3.59. The summed E-state index contributed by atoms with van der Waals surface area (Å²) < 4.78 is 40.0. The van der Waals surface area contributed by atoms with E-state index in [-0.39, 0.29) is 21.9 Å². The normalized spacial score (nSPS) is 30.3. The third-order valence-electron chi connectivity index (χ3n) is 4.65. The second-order valence-electron chi connectivity index (χ2n) is 5.92. The molecule has 0 radical (unpaired) electrons. The van der Waals surface area contributed by atoms with E-state index in [4.69, 9.17) is 17.3 Å². The lowest BCUT2D eigenvalue weighted by atomic mass is 9.78. The molecular weight excluding hydrogens is 315 g/mol. The highest BCUT2D eigenvalue weighted by molar-refractivity contribution is 7.89. The predicted molar refractivity (Wildman–Crippen MR) is 79.0 cm³/mol. The average Bonchev–Trinajstić information content (AvgIpc) is 2.88. The summed E-state index contributed by atoms with van der Waals surface area (Å²) in [6.07, 6.45) is 3.03. The molecule has 2 fully saturated rings. The highest BCUT2D eigenvalue weighted by Crippen LogP contribution is 2.38. The molecule has 1 aliphatic heterocycles. The SMILES string of the molecule is NC1CCCC2CN(S(=O)(=O)c3ccc(F)c(Cl)c3)CC12. The van der Waals surface area contributed by atoms with E-state index < -0.39 is 15.8 Å². The van der Waals surface area contributed by atoms with Crippen molar-refractivity contribution in [1.29, 1.82) is 0 Å². The van der Waals surface area contributed by atoms with Crippen LogP contribution >= 0.6 is 11.6 Å². The zero-order valence-electron chi connectivity index (χ0n) is 11.5. The molecule has 3 rings (SSSR count). The molecule has 1 aromatic carbocycles. The first-order valence-corrected chi connectivity index (χ1v) is 8.92. The van der Waals surface area contributed by atoms with E-state index in [9.17, 15) is 12.8 Å². The van der Waals surface area contributed by atoms with Crippen LogP contribution in [0.15, 0.2) is 23.1 Å². The van der Waals surface area contributed by atoms with Gasteiger partial charge in [-0.1, -0.05) is 18.0 Å². The number of hydrogen-bond donors (Lipinski definition) is 1. The fraction of sp³-hybridized carbons (Fsp3) is 0.571. The van der Waals surface area contributed by atoms with Gasteiger partial charge in [0.05, 0.1) is 9.92 Å². The monoisotopic (exact) mass is 332 g/mol. The quantitative estimate of drug-likeness (QED) is 0.903. The van der Waals surface area contributed by atoms with E-state index in [0.29, 0.717) is 19.0 Å². The molecule has 3 unspecified atom stereocenters. The lowest BCUT2D eigenvalue weighted by molar-refractivity contribution is 0.260. The van der Waals surface area contributed by atoms with Gasteiger partial charge in [-0.05, 0) is 42.9 Å². The molecule has 7 heteroatoms. The highest BCUT2D eigenvalue weighted by atomic mass is 35.5. The standard InChI is InChI=1S/C14H18ClFN2O2S/c15-12-6-10(4-5-13(12)16)21(19,20)18-7-9-2-1-3-14(17)11(9)8-18/h4-6,9,11,14H,1-3,7-8,17H2. The van der Waals surface area contributed by atoms with Gasteiger partial charge in [0.1, 0.15) is 5.82 Å². The zero-order chi connectivity index (χ0) is 15.2. The first kappa shape index (κ1) is 15.2. The van der Waals surface area contributed by atoms with Crippen LogP contribution in [0.4, 0.5) is 4.39 Å². The van der Waals surface area contributed by atoms with Gasteiger partial charge in [0.25, 0.3) is 0 Å². The summed E-state index contributed by atoms with van der Waals surface area (Å²) in [5, 5.41) is -0.176. The third-order valence-corrected chi connectivity index (χ3v) is 6.77. The fourth-order valence-electron chi connectivity index (χ4n) is 3.46. The highest BCUT2D eigenvalue weighted by Gasteiger charge is 2.43. The lowest BCUT2D eigenvalue weighted by Crippen LogP contribution is -2.38. The van der Waals surface area contributed by atoms with Gasteiger partial charge >= 0.3 is 0 Å². The van der Waals surface area contributed by atoms with E-state index in [0.717, 1.165) is 25.3 Å². The minimum Gasteiger partial charge on any atom is -0.327 e. The van der Waals surface area contributed by atoms with Crippen molar-refractivity contribution < 1.29 is 12.8 Å². The molecule has 3 atom stereocenters. The van der Waals surface area contributed by atoms with Crippen LogP contribution in [0, 0.1) is 17.7 Å². The largest absolute Gasteiger partial charge is 0.327 e. The number of halogens is 2. The molecule has 2 N–H and O–H groups in total. The molecule has 4 nitrogen and oxygen atoms in total. The van der Waals surface area contributed by atoms with Crippen molar-refractivity contribution in [3.8, 4) is 0 Å². The first-order valence-electron chi connectivity index (χ1n) is 7.10. The summed E-state index contributed by atoms with van der Waals surface area (Å²) in [6.45, 7) is 0.943. The number of fused-ring (bicyclic) bond motifs is 1. The third kappa shape index (κ3) is 2.70. The van der Waals surface area contributed by atoms with Gasteiger partial charge in [-0.25, -0.2) is 12.8 Å².